The minimum absolute atomic E-state index is 0.00524. The van der Waals surface area contributed by atoms with Crippen molar-refractivity contribution in [1.29, 1.82) is 0 Å². The van der Waals surface area contributed by atoms with E-state index >= 15 is 0 Å². The number of carbonyl (C=O) groups is 1. The molecule has 3 aromatic rings. The van der Waals surface area contributed by atoms with E-state index in [9.17, 15) is 19.3 Å². The number of benzene rings is 2. The number of halogens is 1. The van der Waals surface area contributed by atoms with Crippen molar-refractivity contribution in [2.45, 2.75) is 46.9 Å². The summed E-state index contributed by atoms with van der Waals surface area (Å²) in [6.45, 7) is 6.92. The minimum atomic E-state index is -0.950. The molecule has 184 valence electrons. The van der Waals surface area contributed by atoms with Crippen LogP contribution in [-0.4, -0.2) is 26.1 Å². The Labute approximate surface area is 205 Å². The Kier molecular flexibility index (Phi) is 8.18. The van der Waals surface area contributed by atoms with Gasteiger partial charge >= 0.3 is 11.4 Å². The number of hydrogen-bond donors (Lipinski definition) is 1. The molecular weight excluding hydrogens is 474 g/mol. The number of ether oxygens (including phenoxy) is 1. The summed E-state index contributed by atoms with van der Waals surface area (Å²) in [4.78, 5) is 55.5. The Morgan fingerprint density at radius 3 is 2.37 bits per heavy atom. The van der Waals surface area contributed by atoms with E-state index in [1.54, 1.807) is 42.5 Å². The number of nitrogens with one attached hydrogen (secondary N) is 1. The van der Waals surface area contributed by atoms with Crippen LogP contribution in [0.2, 0.25) is 5.02 Å². The summed E-state index contributed by atoms with van der Waals surface area (Å²) in [6.07, 6.45) is 0.00524. The van der Waals surface area contributed by atoms with Gasteiger partial charge in [-0.2, -0.15) is 0 Å². The third kappa shape index (κ3) is 6.42. The summed E-state index contributed by atoms with van der Waals surface area (Å²) in [6, 6.07) is 12.1. The molecule has 35 heavy (non-hydrogen) atoms. The smallest absolute Gasteiger partial charge is 0.335 e. The minimum Gasteiger partial charge on any atom is -0.491 e. The molecular formula is C24H26ClN5O5. The zero-order valence-corrected chi connectivity index (χ0v) is 20.6. The lowest BCUT2D eigenvalue weighted by Gasteiger charge is -2.14. The summed E-state index contributed by atoms with van der Waals surface area (Å²) in [7, 11) is 0. The van der Waals surface area contributed by atoms with Crippen molar-refractivity contribution in [1.82, 2.24) is 14.1 Å². The van der Waals surface area contributed by atoms with Gasteiger partial charge in [-0.25, -0.2) is 19.1 Å². The number of aryl methyl sites for hydroxylation is 1. The van der Waals surface area contributed by atoms with Gasteiger partial charge in [-0.05, 0) is 62.2 Å². The molecule has 1 aromatic heterocycles. The second-order valence-electron chi connectivity index (χ2n) is 8.42. The molecule has 1 atom stereocenters. The van der Waals surface area contributed by atoms with E-state index in [-0.39, 0.29) is 24.8 Å². The average Bonchev–Trinajstić information content (AvgIpc) is 2.81. The summed E-state index contributed by atoms with van der Waals surface area (Å²) in [5.74, 6) is -1.19. The molecule has 1 heterocycles. The van der Waals surface area contributed by atoms with Crippen LogP contribution in [0.1, 0.15) is 31.9 Å². The van der Waals surface area contributed by atoms with Crippen LogP contribution in [0.3, 0.4) is 0 Å². The SMILES string of the molecule is Cc1cc(/N=c2\[nH]c(=O)n(C[C@H](C)C(=O)N=O)c(=O)n2Cc2ccc(Cl)cc2)ccc1OC(C)C. The van der Waals surface area contributed by atoms with Crippen LogP contribution < -0.4 is 21.7 Å². The molecule has 0 aliphatic carbocycles. The number of H-pyrrole nitrogens is 1. The monoisotopic (exact) mass is 499 g/mol. The first-order chi connectivity index (χ1) is 16.6. The van der Waals surface area contributed by atoms with E-state index < -0.39 is 23.2 Å². The van der Waals surface area contributed by atoms with Crippen molar-refractivity contribution in [3.8, 4) is 5.75 Å². The van der Waals surface area contributed by atoms with Crippen LogP contribution in [0.15, 0.2) is 62.2 Å². The predicted molar refractivity (Wildman–Crippen MR) is 132 cm³/mol. The zero-order valence-electron chi connectivity index (χ0n) is 19.8. The summed E-state index contributed by atoms with van der Waals surface area (Å²) in [5.41, 5.74) is 0.656. The largest absolute Gasteiger partial charge is 0.491 e. The number of carbonyl (C=O) groups excluding carboxylic acids is 1. The van der Waals surface area contributed by atoms with Gasteiger partial charge in [-0.3, -0.25) is 14.3 Å². The van der Waals surface area contributed by atoms with Gasteiger partial charge in [-0.1, -0.05) is 30.7 Å². The molecule has 1 N–H and O–H groups in total. The van der Waals surface area contributed by atoms with Crippen molar-refractivity contribution in [2.75, 3.05) is 0 Å². The first-order valence-electron chi connectivity index (χ1n) is 11.0. The highest BCUT2D eigenvalue weighted by atomic mass is 35.5. The number of nitrogens with zero attached hydrogens (tertiary/aromatic N) is 4. The predicted octanol–water partition coefficient (Wildman–Crippen LogP) is 3.30. The fourth-order valence-electron chi connectivity index (χ4n) is 3.37. The van der Waals surface area contributed by atoms with E-state index in [1.165, 1.54) is 11.5 Å². The third-order valence-electron chi connectivity index (χ3n) is 5.16. The number of nitroso groups, excluding NO2 is 1. The van der Waals surface area contributed by atoms with Crippen molar-refractivity contribution < 1.29 is 9.53 Å². The number of aromatic nitrogens is 3. The summed E-state index contributed by atoms with van der Waals surface area (Å²) < 4.78 is 7.89. The maximum Gasteiger partial charge on any atom is 0.335 e. The summed E-state index contributed by atoms with van der Waals surface area (Å²) in [5, 5.41) is 2.92. The Balaban J connectivity index is 2.16. The maximum absolute atomic E-state index is 13.3. The molecule has 0 spiro atoms. The number of rotatable bonds is 8. The quantitative estimate of drug-likeness (QED) is 0.475. The molecule has 1 amide bonds. The number of amides is 1. The Morgan fingerprint density at radius 1 is 1.09 bits per heavy atom. The van der Waals surface area contributed by atoms with Crippen molar-refractivity contribution in [3.63, 3.8) is 0 Å². The van der Waals surface area contributed by atoms with E-state index in [0.717, 1.165) is 15.7 Å². The fraction of sp³-hybridized carbons (Fsp3) is 0.333. The Bertz CT molecular complexity index is 1420. The van der Waals surface area contributed by atoms with E-state index in [2.05, 4.69) is 15.2 Å². The molecule has 0 fully saturated rings. The lowest BCUT2D eigenvalue weighted by atomic mass is 10.2. The van der Waals surface area contributed by atoms with E-state index in [4.69, 9.17) is 16.3 Å². The molecule has 0 radical (unpaired) electrons. The maximum atomic E-state index is 13.3. The van der Waals surface area contributed by atoms with Gasteiger partial charge in [0.05, 0.1) is 24.3 Å². The second-order valence-corrected chi connectivity index (χ2v) is 8.85. The van der Waals surface area contributed by atoms with Crippen LogP contribution >= 0.6 is 11.6 Å². The van der Waals surface area contributed by atoms with Crippen LogP contribution in [0, 0.1) is 17.7 Å². The molecule has 0 bridgehead atoms. The van der Waals surface area contributed by atoms with Crippen LogP contribution in [0.4, 0.5) is 5.69 Å². The molecule has 10 nitrogen and oxygen atoms in total. The summed E-state index contributed by atoms with van der Waals surface area (Å²) >= 11 is 5.97. The molecule has 11 heteroatoms. The van der Waals surface area contributed by atoms with E-state index in [0.29, 0.717) is 16.5 Å². The van der Waals surface area contributed by atoms with Gasteiger partial charge in [0.1, 0.15) is 5.75 Å². The zero-order chi connectivity index (χ0) is 25.7. The Morgan fingerprint density at radius 2 is 1.77 bits per heavy atom. The van der Waals surface area contributed by atoms with Gasteiger partial charge < -0.3 is 4.74 Å². The van der Waals surface area contributed by atoms with Crippen LogP contribution in [0.25, 0.3) is 0 Å². The van der Waals surface area contributed by atoms with E-state index in [1.807, 2.05) is 20.8 Å². The van der Waals surface area contributed by atoms with Gasteiger partial charge in [-0.15, -0.1) is 4.91 Å². The molecule has 0 aliphatic heterocycles. The molecule has 0 saturated heterocycles. The number of aromatic amines is 1. The highest BCUT2D eigenvalue weighted by Gasteiger charge is 2.18. The molecule has 3 rings (SSSR count). The standard InChI is InChI=1S/C24H26ClN5O5/c1-14(2)35-20-10-9-19(11-15(20)3)26-22-27-23(32)30(12-16(4)21(31)28-34)24(33)29(22)13-17-5-7-18(25)8-6-17/h5-11,14,16H,12-13H2,1-4H3,(H,26,27,32)/t16-/m0/s1. The van der Waals surface area contributed by atoms with Gasteiger partial charge in [0.15, 0.2) is 0 Å². The first kappa shape index (κ1) is 25.8. The Hall–Kier alpha value is -3.79. The lowest BCUT2D eigenvalue weighted by molar-refractivity contribution is -0.121. The van der Waals surface area contributed by atoms with Gasteiger partial charge in [0, 0.05) is 16.7 Å². The number of hydrogen-bond acceptors (Lipinski definition) is 6. The molecule has 0 unspecified atom stereocenters. The first-order valence-corrected chi connectivity index (χ1v) is 11.3. The highest BCUT2D eigenvalue weighted by Crippen LogP contribution is 2.24. The van der Waals surface area contributed by atoms with Crippen LogP contribution in [-0.2, 0) is 17.9 Å². The van der Waals surface area contributed by atoms with Crippen molar-refractivity contribution in [2.24, 2.45) is 16.1 Å². The average molecular weight is 500 g/mol. The van der Waals surface area contributed by atoms with Gasteiger partial charge in [0.2, 0.25) is 5.62 Å². The molecule has 0 aliphatic rings. The normalized spacial score (nSPS) is 12.6. The van der Waals surface area contributed by atoms with Gasteiger partial charge in [0.25, 0.3) is 5.91 Å². The lowest BCUT2D eigenvalue weighted by Crippen LogP contribution is -2.51. The fourth-order valence-corrected chi connectivity index (χ4v) is 3.50. The third-order valence-corrected chi connectivity index (χ3v) is 5.41. The van der Waals surface area contributed by atoms with Crippen molar-refractivity contribution in [3.05, 3.63) is 90.1 Å². The van der Waals surface area contributed by atoms with Crippen molar-refractivity contribution >= 4 is 23.2 Å². The van der Waals surface area contributed by atoms with Crippen LogP contribution in [0.5, 0.6) is 5.75 Å². The topological polar surface area (TPSA) is 128 Å². The molecule has 2 aromatic carbocycles. The molecule has 0 saturated carbocycles. The second kappa shape index (κ2) is 11.1. The highest BCUT2D eigenvalue weighted by molar-refractivity contribution is 6.30.